The quantitative estimate of drug-likeness (QED) is 0.612. The Morgan fingerprint density at radius 3 is 2.30 bits per heavy atom. The monoisotopic (exact) mass is 445 g/mol. The standard InChI is InChI=1S/C25H31N7O/c1-18-27-22(30-21-7-5-6-12-26-21)17-23(28-18)31-13-15-32(16-14-31)24(33)29-20-10-8-19(9-11-20)25(2,3)4/h5-12,17H,13-16H2,1-4H3,(H,29,33)(H,26,27,28,30). The maximum absolute atomic E-state index is 12.8. The number of aryl methyl sites for hydroxylation is 1. The van der Waals surface area contributed by atoms with Crippen molar-refractivity contribution >= 4 is 29.2 Å². The topological polar surface area (TPSA) is 86.3 Å². The molecule has 0 spiro atoms. The van der Waals surface area contributed by atoms with Crippen molar-refractivity contribution in [1.82, 2.24) is 19.9 Å². The Hall–Kier alpha value is -3.68. The van der Waals surface area contributed by atoms with E-state index in [1.807, 2.05) is 48.2 Å². The van der Waals surface area contributed by atoms with E-state index in [0.717, 1.165) is 17.3 Å². The smallest absolute Gasteiger partial charge is 0.321 e. The molecule has 0 atom stereocenters. The molecule has 0 saturated carbocycles. The van der Waals surface area contributed by atoms with Gasteiger partial charge in [0.15, 0.2) is 0 Å². The fourth-order valence-corrected chi connectivity index (χ4v) is 3.74. The van der Waals surface area contributed by atoms with E-state index in [9.17, 15) is 4.79 Å². The summed E-state index contributed by atoms with van der Waals surface area (Å²) in [7, 11) is 0. The van der Waals surface area contributed by atoms with E-state index in [2.05, 4.69) is 63.4 Å². The van der Waals surface area contributed by atoms with Crippen LogP contribution in [0.2, 0.25) is 0 Å². The molecule has 1 aliphatic heterocycles. The van der Waals surface area contributed by atoms with Gasteiger partial charge in [0.05, 0.1) is 0 Å². The number of anilines is 4. The molecular weight excluding hydrogens is 414 g/mol. The second-order valence-corrected chi connectivity index (χ2v) is 9.23. The molecule has 0 radical (unpaired) electrons. The van der Waals surface area contributed by atoms with Crippen LogP contribution in [0.15, 0.2) is 54.7 Å². The molecule has 172 valence electrons. The van der Waals surface area contributed by atoms with Gasteiger partial charge >= 0.3 is 6.03 Å². The number of aromatic nitrogens is 3. The second kappa shape index (κ2) is 9.44. The molecule has 3 aromatic rings. The molecule has 2 amide bonds. The Bertz CT molecular complexity index is 1090. The zero-order valence-electron chi connectivity index (χ0n) is 19.7. The molecule has 0 bridgehead atoms. The molecule has 3 heterocycles. The van der Waals surface area contributed by atoms with Crippen LogP contribution in [-0.2, 0) is 5.41 Å². The van der Waals surface area contributed by atoms with Gasteiger partial charge in [0.2, 0.25) is 0 Å². The van der Waals surface area contributed by atoms with Gasteiger partial charge in [0.1, 0.15) is 23.3 Å². The minimum atomic E-state index is -0.0745. The van der Waals surface area contributed by atoms with E-state index in [-0.39, 0.29) is 11.4 Å². The number of rotatable bonds is 4. The number of carbonyl (C=O) groups excluding carboxylic acids is 1. The highest BCUT2D eigenvalue weighted by atomic mass is 16.2. The van der Waals surface area contributed by atoms with Crippen molar-refractivity contribution < 1.29 is 4.79 Å². The number of pyridine rings is 1. The van der Waals surface area contributed by atoms with Gasteiger partial charge in [-0.3, -0.25) is 0 Å². The van der Waals surface area contributed by atoms with Crippen molar-refractivity contribution in [2.45, 2.75) is 33.1 Å². The molecular formula is C25H31N7O. The Kier molecular flexibility index (Phi) is 6.44. The minimum absolute atomic E-state index is 0.0745. The van der Waals surface area contributed by atoms with Crippen LogP contribution in [0.4, 0.5) is 27.9 Å². The van der Waals surface area contributed by atoms with Crippen molar-refractivity contribution in [3.05, 3.63) is 66.1 Å². The van der Waals surface area contributed by atoms with E-state index in [1.165, 1.54) is 5.56 Å². The fourth-order valence-electron chi connectivity index (χ4n) is 3.74. The average Bonchev–Trinajstić information content (AvgIpc) is 2.79. The first-order valence-corrected chi connectivity index (χ1v) is 11.2. The van der Waals surface area contributed by atoms with Crippen LogP contribution in [0.1, 0.15) is 32.2 Å². The molecule has 0 aliphatic carbocycles. The largest absolute Gasteiger partial charge is 0.353 e. The molecule has 1 saturated heterocycles. The van der Waals surface area contributed by atoms with Gasteiger partial charge in [-0.2, -0.15) is 0 Å². The van der Waals surface area contributed by atoms with E-state index in [4.69, 9.17) is 0 Å². The number of nitrogens with zero attached hydrogens (tertiary/aromatic N) is 5. The van der Waals surface area contributed by atoms with Gasteiger partial charge in [0.25, 0.3) is 0 Å². The number of benzene rings is 1. The first kappa shape index (κ1) is 22.5. The lowest BCUT2D eigenvalue weighted by Gasteiger charge is -2.35. The minimum Gasteiger partial charge on any atom is -0.353 e. The molecule has 2 aromatic heterocycles. The first-order valence-electron chi connectivity index (χ1n) is 11.2. The summed E-state index contributed by atoms with van der Waals surface area (Å²) in [6.07, 6.45) is 1.74. The normalized spacial score (nSPS) is 14.2. The summed E-state index contributed by atoms with van der Waals surface area (Å²) in [6, 6.07) is 15.6. The van der Waals surface area contributed by atoms with Gasteiger partial charge in [0, 0.05) is 44.1 Å². The zero-order valence-corrected chi connectivity index (χ0v) is 19.7. The van der Waals surface area contributed by atoms with Crippen molar-refractivity contribution in [2.24, 2.45) is 0 Å². The Labute approximate surface area is 195 Å². The number of amides is 2. The molecule has 33 heavy (non-hydrogen) atoms. The van der Waals surface area contributed by atoms with Crippen LogP contribution >= 0.6 is 0 Å². The predicted molar refractivity (Wildman–Crippen MR) is 132 cm³/mol. The molecule has 1 aromatic carbocycles. The van der Waals surface area contributed by atoms with Crippen molar-refractivity contribution in [3.8, 4) is 0 Å². The summed E-state index contributed by atoms with van der Waals surface area (Å²) in [6.45, 7) is 11.1. The van der Waals surface area contributed by atoms with E-state index in [0.29, 0.717) is 37.8 Å². The predicted octanol–water partition coefficient (Wildman–Crippen LogP) is 4.58. The van der Waals surface area contributed by atoms with Gasteiger partial charge in [-0.1, -0.05) is 39.0 Å². The van der Waals surface area contributed by atoms with Crippen LogP contribution in [-0.4, -0.2) is 52.1 Å². The van der Waals surface area contributed by atoms with Crippen molar-refractivity contribution in [2.75, 3.05) is 41.7 Å². The van der Waals surface area contributed by atoms with Crippen molar-refractivity contribution in [1.29, 1.82) is 0 Å². The number of urea groups is 1. The maximum atomic E-state index is 12.8. The van der Waals surface area contributed by atoms with Crippen LogP contribution < -0.4 is 15.5 Å². The molecule has 1 fully saturated rings. The zero-order chi connectivity index (χ0) is 23.4. The van der Waals surface area contributed by atoms with Crippen LogP contribution in [0.3, 0.4) is 0 Å². The Morgan fingerprint density at radius 1 is 0.939 bits per heavy atom. The molecule has 8 nitrogen and oxygen atoms in total. The Morgan fingerprint density at radius 2 is 1.67 bits per heavy atom. The number of piperazine rings is 1. The Balaban J connectivity index is 1.35. The number of carbonyl (C=O) groups is 1. The summed E-state index contributed by atoms with van der Waals surface area (Å²) < 4.78 is 0. The highest BCUT2D eigenvalue weighted by molar-refractivity contribution is 5.89. The van der Waals surface area contributed by atoms with E-state index < -0.39 is 0 Å². The van der Waals surface area contributed by atoms with Crippen molar-refractivity contribution in [3.63, 3.8) is 0 Å². The van der Waals surface area contributed by atoms with E-state index >= 15 is 0 Å². The summed E-state index contributed by atoms with van der Waals surface area (Å²) in [5.74, 6) is 2.97. The van der Waals surface area contributed by atoms with Gasteiger partial charge in [-0.25, -0.2) is 19.7 Å². The molecule has 4 rings (SSSR count). The lowest BCUT2D eigenvalue weighted by Crippen LogP contribution is -2.50. The third-order valence-electron chi connectivity index (χ3n) is 5.64. The lowest BCUT2D eigenvalue weighted by atomic mass is 9.87. The van der Waals surface area contributed by atoms with Gasteiger partial charge in [-0.05, 0) is 42.2 Å². The molecule has 1 aliphatic rings. The van der Waals surface area contributed by atoms with E-state index in [1.54, 1.807) is 6.20 Å². The third-order valence-corrected chi connectivity index (χ3v) is 5.64. The molecule has 0 unspecified atom stereocenters. The highest BCUT2D eigenvalue weighted by Crippen LogP contribution is 2.24. The maximum Gasteiger partial charge on any atom is 0.321 e. The summed E-state index contributed by atoms with van der Waals surface area (Å²) in [4.78, 5) is 30.1. The van der Waals surface area contributed by atoms with Crippen LogP contribution in [0.5, 0.6) is 0 Å². The van der Waals surface area contributed by atoms with Crippen LogP contribution in [0.25, 0.3) is 0 Å². The number of hydrogen-bond acceptors (Lipinski definition) is 6. The lowest BCUT2D eigenvalue weighted by molar-refractivity contribution is 0.208. The molecule has 2 N–H and O–H groups in total. The average molecular weight is 446 g/mol. The summed E-state index contributed by atoms with van der Waals surface area (Å²) >= 11 is 0. The van der Waals surface area contributed by atoms with Crippen LogP contribution in [0, 0.1) is 6.92 Å². The number of nitrogens with one attached hydrogen (secondary N) is 2. The third kappa shape index (κ3) is 5.77. The summed E-state index contributed by atoms with van der Waals surface area (Å²) in [5.41, 5.74) is 2.14. The SMILES string of the molecule is Cc1nc(Nc2ccccn2)cc(N2CCN(C(=O)Nc3ccc(C(C)(C)C)cc3)CC2)n1. The number of hydrogen-bond donors (Lipinski definition) is 2. The first-order chi connectivity index (χ1) is 15.8. The van der Waals surface area contributed by atoms with Gasteiger partial charge < -0.3 is 20.4 Å². The molecule has 8 heteroatoms. The second-order valence-electron chi connectivity index (χ2n) is 9.23. The van der Waals surface area contributed by atoms with Gasteiger partial charge in [-0.15, -0.1) is 0 Å². The highest BCUT2D eigenvalue weighted by Gasteiger charge is 2.23. The fraction of sp³-hybridized carbons (Fsp3) is 0.360. The summed E-state index contributed by atoms with van der Waals surface area (Å²) in [5, 5.41) is 6.24.